The zero-order valence-electron chi connectivity index (χ0n) is 8.97. The van der Waals surface area contributed by atoms with Gasteiger partial charge in [-0.2, -0.15) is 11.3 Å². The molecule has 1 aromatic heterocycles. The quantitative estimate of drug-likeness (QED) is 0.832. The summed E-state index contributed by atoms with van der Waals surface area (Å²) in [5.74, 6) is 0. The Morgan fingerprint density at radius 3 is 2.69 bits per heavy atom. The second-order valence-electron chi connectivity index (χ2n) is 3.69. The molecule has 1 aromatic carbocycles. The zero-order chi connectivity index (χ0) is 11.2. The molecule has 1 heterocycles. The molecule has 0 unspecified atom stereocenters. The van der Waals surface area contributed by atoms with Gasteiger partial charge in [-0.25, -0.2) is 0 Å². The Morgan fingerprint density at radius 2 is 2.00 bits per heavy atom. The van der Waals surface area contributed by atoms with E-state index in [0.717, 1.165) is 12.1 Å². The summed E-state index contributed by atoms with van der Waals surface area (Å²) in [4.78, 5) is 0. The number of rotatable bonds is 5. The molecule has 0 amide bonds. The highest BCUT2D eigenvalue weighted by atomic mass is 32.1. The maximum Gasteiger partial charge on any atom is 0.0922 e. The fraction of sp³-hybridized carbons (Fsp3) is 0.231. The van der Waals surface area contributed by atoms with Gasteiger partial charge >= 0.3 is 0 Å². The Kier molecular flexibility index (Phi) is 4.10. The van der Waals surface area contributed by atoms with Gasteiger partial charge in [-0.1, -0.05) is 30.3 Å². The molecule has 0 saturated carbocycles. The van der Waals surface area contributed by atoms with E-state index in [1.165, 1.54) is 5.56 Å². The van der Waals surface area contributed by atoms with Gasteiger partial charge < -0.3 is 10.4 Å². The van der Waals surface area contributed by atoms with Crippen molar-refractivity contribution in [3.05, 3.63) is 58.3 Å². The second-order valence-corrected chi connectivity index (χ2v) is 4.47. The normalized spacial score (nSPS) is 12.6. The van der Waals surface area contributed by atoms with Crippen molar-refractivity contribution in [3.63, 3.8) is 0 Å². The minimum atomic E-state index is -0.407. The van der Waals surface area contributed by atoms with Crippen LogP contribution in [0.2, 0.25) is 0 Å². The van der Waals surface area contributed by atoms with Gasteiger partial charge in [0.05, 0.1) is 6.10 Å². The van der Waals surface area contributed by atoms with Crippen molar-refractivity contribution in [1.82, 2.24) is 5.32 Å². The van der Waals surface area contributed by atoms with Gasteiger partial charge in [0, 0.05) is 13.1 Å². The fourth-order valence-corrected chi connectivity index (χ4v) is 2.24. The molecule has 84 valence electrons. The largest absolute Gasteiger partial charge is 0.387 e. The van der Waals surface area contributed by atoms with Crippen LogP contribution in [0.1, 0.15) is 17.2 Å². The molecule has 0 aliphatic rings. The molecule has 0 spiro atoms. The molecule has 0 radical (unpaired) electrons. The molecule has 1 atom stereocenters. The summed E-state index contributed by atoms with van der Waals surface area (Å²) in [6.45, 7) is 1.38. The zero-order valence-corrected chi connectivity index (χ0v) is 9.78. The predicted octanol–water partition coefficient (Wildman–Crippen LogP) is 2.57. The average Bonchev–Trinajstić information content (AvgIpc) is 2.84. The molecule has 0 fully saturated rings. The molecule has 0 aliphatic carbocycles. The molecule has 0 saturated heterocycles. The van der Waals surface area contributed by atoms with Crippen molar-refractivity contribution in [2.24, 2.45) is 0 Å². The summed E-state index contributed by atoms with van der Waals surface area (Å²) in [5, 5.41) is 17.0. The highest BCUT2D eigenvalue weighted by molar-refractivity contribution is 7.07. The second kappa shape index (κ2) is 5.80. The molecule has 2 N–H and O–H groups in total. The first kappa shape index (κ1) is 11.3. The van der Waals surface area contributed by atoms with Crippen LogP contribution in [0.15, 0.2) is 47.2 Å². The van der Waals surface area contributed by atoms with Gasteiger partial charge in [0.2, 0.25) is 0 Å². The molecule has 2 aromatic rings. The Labute approximate surface area is 99.6 Å². The number of thiophene rings is 1. The molecule has 0 aliphatic heterocycles. The van der Waals surface area contributed by atoms with E-state index in [2.05, 4.69) is 17.4 Å². The molecular weight excluding hydrogens is 218 g/mol. The van der Waals surface area contributed by atoms with Gasteiger partial charge in [-0.15, -0.1) is 0 Å². The standard InChI is InChI=1S/C13H15NOS/c15-13(12-6-7-16-10-12)9-14-8-11-4-2-1-3-5-11/h1-7,10,13-15H,8-9H2/t13-/m1/s1. The van der Waals surface area contributed by atoms with Gasteiger partial charge in [0.15, 0.2) is 0 Å². The molecule has 16 heavy (non-hydrogen) atoms. The third-order valence-electron chi connectivity index (χ3n) is 2.44. The van der Waals surface area contributed by atoms with Crippen LogP contribution < -0.4 is 5.32 Å². The molecule has 2 rings (SSSR count). The Bertz CT molecular complexity index is 399. The van der Waals surface area contributed by atoms with Crippen LogP contribution in [0.3, 0.4) is 0 Å². The van der Waals surface area contributed by atoms with Crippen LogP contribution in [-0.4, -0.2) is 11.7 Å². The monoisotopic (exact) mass is 233 g/mol. The summed E-state index contributed by atoms with van der Waals surface area (Å²) in [6.07, 6.45) is -0.407. The summed E-state index contributed by atoms with van der Waals surface area (Å²) in [6, 6.07) is 12.1. The highest BCUT2D eigenvalue weighted by Gasteiger charge is 2.06. The lowest BCUT2D eigenvalue weighted by Crippen LogP contribution is -2.20. The first-order valence-electron chi connectivity index (χ1n) is 5.31. The number of hydrogen-bond donors (Lipinski definition) is 2. The van der Waals surface area contributed by atoms with E-state index >= 15 is 0 Å². The van der Waals surface area contributed by atoms with Crippen LogP contribution >= 0.6 is 11.3 Å². The summed E-state index contributed by atoms with van der Waals surface area (Å²) in [5.41, 5.74) is 2.23. The number of hydrogen-bond acceptors (Lipinski definition) is 3. The van der Waals surface area contributed by atoms with Crippen molar-refractivity contribution < 1.29 is 5.11 Å². The minimum absolute atomic E-state index is 0.407. The number of aliphatic hydroxyl groups excluding tert-OH is 1. The number of nitrogens with one attached hydrogen (secondary N) is 1. The van der Waals surface area contributed by atoms with E-state index in [1.54, 1.807) is 11.3 Å². The van der Waals surface area contributed by atoms with Crippen molar-refractivity contribution in [2.45, 2.75) is 12.6 Å². The van der Waals surface area contributed by atoms with Gasteiger partial charge in [0.25, 0.3) is 0 Å². The minimum Gasteiger partial charge on any atom is -0.387 e. The fourth-order valence-electron chi connectivity index (χ4n) is 1.53. The van der Waals surface area contributed by atoms with Crippen molar-refractivity contribution in [3.8, 4) is 0 Å². The van der Waals surface area contributed by atoms with Crippen LogP contribution in [0.25, 0.3) is 0 Å². The smallest absolute Gasteiger partial charge is 0.0922 e. The van der Waals surface area contributed by atoms with E-state index in [1.807, 2.05) is 35.0 Å². The number of aliphatic hydroxyl groups is 1. The first-order valence-corrected chi connectivity index (χ1v) is 6.25. The Morgan fingerprint density at radius 1 is 1.19 bits per heavy atom. The van der Waals surface area contributed by atoms with Crippen molar-refractivity contribution in [2.75, 3.05) is 6.54 Å². The van der Waals surface area contributed by atoms with Crippen LogP contribution in [0.4, 0.5) is 0 Å². The molecule has 2 nitrogen and oxygen atoms in total. The third kappa shape index (κ3) is 3.17. The van der Waals surface area contributed by atoms with E-state index in [4.69, 9.17) is 0 Å². The van der Waals surface area contributed by atoms with E-state index in [-0.39, 0.29) is 0 Å². The van der Waals surface area contributed by atoms with Crippen molar-refractivity contribution in [1.29, 1.82) is 0 Å². The average molecular weight is 233 g/mol. The molecule has 3 heteroatoms. The third-order valence-corrected chi connectivity index (χ3v) is 3.14. The van der Waals surface area contributed by atoms with Gasteiger partial charge in [-0.05, 0) is 28.0 Å². The molecular formula is C13H15NOS. The van der Waals surface area contributed by atoms with Crippen molar-refractivity contribution >= 4 is 11.3 Å². The van der Waals surface area contributed by atoms with Gasteiger partial charge in [-0.3, -0.25) is 0 Å². The summed E-state index contributed by atoms with van der Waals surface area (Å²) >= 11 is 1.61. The first-order chi connectivity index (χ1) is 7.86. The van der Waals surface area contributed by atoms with Crippen LogP contribution in [0, 0.1) is 0 Å². The Hall–Kier alpha value is -1.16. The maximum atomic E-state index is 9.83. The maximum absolute atomic E-state index is 9.83. The van der Waals surface area contributed by atoms with E-state index < -0.39 is 6.10 Å². The highest BCUT2D eigenvalue weighted by Crippen LogP contribution is 2.15. The van der Waals surface area contributed by atoms with Crippen LogP contribution in [0.5, 0.6) is 0 Å². The lowest BCUT2D eigenvalue weighted by atomic mass is 10.2. The summed E-state index contributed by atoms with van der Waals surface area (Å²) < 4.78 is 0. The van der Waals surface area contributed by atoms with E-state index in [9.17, 15) is 5.11 Å². The topological polar surface area (TPSA) is 32.3 Å². The number of benzene rings is 1. The Balaban J connectivity index is 1.76. The SMILES string of the molecule is O[C@H](CNCc1ccccc1)c1ccsc1. The lowest BCUT2D eigenvalue weighted by Gasteiger charge is -2.10. The lowest BCUT2D eigenvalue weighted by molar-refractivity contribution is 0.175. The summed E-state index contributed by atoms with van der Waals surface area (Å²) in [7, 11) is 0. The van der Waals surface area contributed by atoms with Gasteiger partial charge in [0.1, 0.15) is 0 Å². The predicted molar refractivity (Wildman–Crippen MR) is 67.4 cm³/mol. The molecule has 0 bridgehead atoms. The van der Waals surface area contributed by atoms with Crippen LogP contribution in [-0.2, 0) is 6.54 Å². The van der Waals surface area contributed by atoms with E-state index in [0.29, 0.717) is 6.54 Å².